The van der Waals surface area contributed by atoms with Gasteiger partial charge >= 0.3 is 12.1 Å². The fraction of sp³-hybridized carbons (Fsp3) is 0.562. The Morgan fingerprint density at radius 3 is 2.59 bits per heavy atom. The largest absolute Gasteiger partial charge is 0.481 e. The zero-order chi connectivity index (χ0) is 16.2. The fourth-order valence-electron chi connectivity index (χ4n) is 2.94. The Labute approximate surface area is 127 Å². The summed E-state index contributed by atoms with van der Waals surface area (Å²) in [5.41, 5.74) is -0.561. The van der Waals surface area contributed by atoms with Gasteiger partial charge in [-0.15, -0.1) is 0 Å². The van der Waals surface area contributed by atoms with Crippen LogP contribution in [0.4, 0.5) is 13.2 Å². The summed E-state index contributed by atoms with van der Waals surface area (Å²) in [7, 11) is 0. The van der Waals surface area contributed by atoms with Crippen LogP contribution in [0.25, 0.3) is 0 Å². The predicted molar refractivity (Wildman–Crippen MR) is 76.6 cm³/mol. The number of piperidine rings is 1. The van der Waals surface area contributed by atoms with Crippen LogP contribution in [0.2, 0.25) is 0 Å². The van der Waals surface area contributed by atoms with E-state index in [0.29, 0.717) is 12.3 Å². The zero-order valence-corrected chi connectivity index (χ0v) is 12.2. The molecule has 0 amide bonds. The number of alkyl halides is 3. The molecular weight excluding hydrogens is 295 g/mol. The summed E-state index contributed by atoms with van der Waals surface area (Å²) in [6.07, 6.45) is -1.35. The number of carboxylic acids is 1. The van der Waals surface area contributed by atoms with Crippen molar-refractivity contribution >= 4 is 5.97 Å². The van der Waals surface area contributed by atoms with E-state index in [1.165, 1.54) is 12.1 Å². The fourth-order valence-corrected chi connectivity index (χ4v) is 2.94. The number of carboxylic acid groups (broad SMARTS) is 1. The molecule has 0 spiro atoms. The number of halogens is 3. The summed E-state index contributed by atoms with van der Waals surface area (Å²) in [6.45, 7) is 1.85. The van der Waals surface area contributed by atoms with E-state index >= 15 is 0 Å². The molecule has 0 bridgehead atoms. The Bertz CT molecular complexity index is 510. The van der Waals surface area contributed by atoms with Gasteiger partial charge in [0.1, 0.15) is 0 Å². The standard InChI is InChI=1S/C16H20F3NO2/c17-16(18,19)13-3-1-2-12(10-13)14(15(21)22)5-4-11-6-8-20-9-7-11/h1-3,10-11,14,20H,4-9H2,(H,21,22). The summed E-state index contributed by atoms with van der Waals surface area (Å²) >= 11 is 0. The average Bonchev–Trinajstić information content (AvgIpc) is 2.48. The number of hydrogen-bond acceptors (Lipinski definition) is 2. The average molecular weight is 315 g/mol. The van der Waals surface area contributed by atoms with Crippen molar-refractivity contribution < 1.29 is 23.1 Å². The minimum Gasteiger partial charge on any atom is -0.481 e. The second kappa shape index (κ2) is 7.13. The highest BCUT2D eigenvalue weighted by molar-refractivity contribution is 5.76. The first-order valence-electron chi connectivity index (χ1n) is 7.48. The van der Waals surface area contributed by atoms with Gasteiger partial charge in [0.2, 0.25) is 0 Å². The van der Waals surface area contributed by atoms with E-state index in [-0.39, 0.29) is 5.56 Å². The van der Waals surface area contributed by atoms with Gasteiger partial charge in [-0.25, -0.2) is 0 Å². The zero-order valence-electron chi connectivity index (χ0n) is 12.2. The molecule has 1 atom stereocenters. The lowest BCUT2D eigenvalue weighted by Gasteiger charge is -2.24. The molecule has 1 aromatic carbocycles. The van der Waals surface area contributed by atoms with Crippen molar-refractivity contribution in [3.8, 4) is 0 Å². The number of aliphatic carboxylic acids is 1. The Morgan fingerprint density at radius 1 is 1.32 bits per heavy atom. The van der Waals surface area contributed by atoms with E-state index in [1.54, 1.807) is 0 Å². The van der Waals surface area contributed by atoms with Crippen molar-refractivity contribution in [2.24, 2.45) is 5.92 Å². The molecule has 1 aliphatic rings. The van der Waals surface area contributed by atoms with E-state index in [9.17, 15) is 23.1 Å². The molecule has 1 heterocycles. The summed E-state index contributed by atoms with van der Waals surface area (Å²) in [6, 6.07) is 4.67. The highest BCUT2D eigenvalue weighted by atomic mass is 19.4. The summed E-state index contributed by atoms with van der Waals surface area (Å²) in [4.78, 5) is 11.4. The maximum absolute atomic E-state index is 12.8. The lowest BCUT2D eigenvalue weighted by atomic mass is 9.86. The summed E-state index contributed by atoms with van der Waals surface area (Å²) < 4.78 is 38.3. The third-order valence-electron chi connectivity index (χ3n) is 4.24. The van der Waals surface area contributed by atoms with Gasteiger partial charge in [-0.2, -0.15) is 13.2 Å². The number of rotatable bonds is 5. The number of carbonyl (C=O) groups is 1. The van der Waals surface area contributed by atoms with E-state index in [1.807, 2.05) is 0 Å². The van der Waals surface area contributed by atoms with Crippen molar-refractivity contribution in [3.05, 3.63) is 35.4 Å². The van der Waals surface area contributed by atoms with Gasteiger partial charge in [0.15, 0.2) is 0 Å². The van der Waals surface area contributed by atoms with Crippen LogP contribution in [0.1, 0.15) is 42.7 Å². The van der Waals surface area contributed by atoms with Crippen LogP contribution in [0, 0.1) is 5.92 Å². The third kappa shape index (κ3) is 4.47. The molecule has 22 heavy (non-hydrogen) atoms. The highest BCUT2D eigenvalue weighted by Gasteiger charge is 2.32. The summed E-state index contributed by atoms with van der Waals surface area (Å²) in [5.74, 6) is -1.49. The monoisotopic (exact) mass is 315 g/mol. The van der Waals surface area contributed by atoms with Gasteiger partial charge in [0, 0.05) is 0 Å². The second-order valence-corrected chi connectivity index (χ2v) is 5.78. The van der Waals surface area contributed by atoms with Crippen LogP contribution >= 0.6 is 0 Å². The van der Waals surface area contributed by atoms with Crippen molar-refractivity contribution in [2.75, 3.05) is 13.1 Å². The molecule has 1 aliphatic heterocycles. The van der Waals surface area contributed by atoms with Gasteiger partial charge < -0.3 is 10.4 Å². The predicted octanol–water partition coefficient (Wildman–Crippen LogP) is 3.65. The number of hydrogen-bond donors (Lipinski definition) is 2. The molecule has 0 radical (unpaired) electrons. The van der Waals surface area contributed by atoms with Crippen LogP contribution in [0.5, 0.6) is 0 Å². The normalized spacial score (nSPS) is 18.1. The molecule has 1 aromatic rings. The van der Waals surface area contributed by atoms with E-state index in [2.05, 4.69) is 5.32 Å². The van der Waals surface area contributed by atoms with Gasteiger partial charge in [-0.05, 0) is 56.3 Å². The van der Waals surface area contributed by atoms with Crippen LogP contribution < -0.4 is 5.32 Å². The molecule has 0 saturated carbocycles. The molecule has 1 saturated heterocycles. The topological polar surface area (TPSA) is 49.3 Å². The SMILES string of the molecule is O=C(O)C(CCC1CCNCC1)c1cccc(C(F)(F)F)c1. The van der Waals surface area contributed by atoms with Crippen LogP contribution in [-0.4, -0.2) is 24.2 Å². The molecule has 0 aromatic heterocycles. The lowest BCUT2D eigenvalue weighted by Crippen LogP contribution is -2.28. The van der Waals surface area contributed by atoms with Crippen molar-refractivity contribution in [1.82, 2.24) is 5.32 Å². The quantitative estimate of drug-likeness (QED) is 0.872. The Hall–Kier alpha value is -1.56. The van der Waals surface area contributed by atoms with Gasteiger partial charge in [-0.3, -0.25) is 4.79 Å². The molecule has 1 fully saturated rings. The molecule has 1 unspecified atom stereocenters. The molecule has 122 valence electrons. The Balaban J connectivity index is 2.08. The minimum atomic E-state index is -4.45. The van der Waals surface area contributed by atoms with E-state index in [4.69, 9.17) is 0 Å². The second-order valence-electron chi connectivity index (χ2n) is 5.78. The number of nitrogens with one attached hydrogen (secondary N) is 1. The first-order valence-corrected chi connectivity index (χ1v) is 7.48. The van der Waals surface area contributed by atoms with Gasteiger partial charge in [-0.1, -0.05) is 18.2 Å². The molecule has 2 N–H and O–H groups in total. The maximum atomic E-state index is 12.8. The van der Waals surface area contributed by atoms with Crippen LogP contribution in [0.15, 0.2) is 24.3 Å². The van der Waals surface area contributed by atoms with Crippen LogP contribution in [-0.2, 0) is 11.0 Å². The summed E-state index contributed by atoms with van der Waals surface area (Å²) in [5, 5.41) is 12.6. The van der Waals surface area contributed by atoms with Crippen molar-refractivity contribution in [2.45, 2.75) is 37.8 Å². The number of benzene rings is 1. The third-order valence-corrected chi connectivity index (χ3v) is 4.24. The highest BCUT2D eigenvalue weighted by Crippen LogP contribution is 2.33. The minimum absolute atomic E-state index is 0.233. The Kier molecular flexibility index (Phi) is 5.45. The Morgan fingerprint density at radius 2 is 2.00 bits per heavy atom. The molecule has 2 rings (SSSR count). The van der Waals surface area contributed by atoms with Crippen molar-refractivity contribution in [3.63, 3.8) is 0 Å². The molecule has 6 heteroatoms. The molecule has 0 aliphatic carbocycles. The molecular formula is C16H20F3NO2. The van der Waals surface area contributed by atoms with Crippen molar-refractivity contribution in [1.29, 1.82) is 0 Å². The first-order chi connectivity index (χ1) is 10.4. The van der Waals surface area contributed by atoms with E-state index < -0.39 is 23.6 Å². The van der Waals surface area contributed by atoms with Gasteiger partial charge in [0.05, 0.1) is 11.5 Å². The smallest absolute Gasteiger partial charge is 0.416 e. The van der Waals surface area contributed by atoms with E-state index in [0.717, 1.165) is 44.5 Å². The molecule has 3 nitrogen and oxygen atoms in total. The first kappa shape index (κ1) is 16.8. The van der Waals surface area contributed by atoms with Crippen LogP contribution in [0.3, 0.4) is 0 Å². The maximum Gasteiger partial charge on any atom is 0.416 e. The van der Waals surface area contributed by atoms with Gasteiger partial charge in [0.25, 0.3) is 0 Å². The lowest BCUT2D eigenvalue weighted by molar-refractivity contribution is -0.140.